The average molecular weight is 274 g/mol. The summed E-state index contributed by atoms with van der Waals surface area (Å²) in [6.45, 7) is 4.29. The van der Waals surface area contributed by atoms with E-state index in [-0.39, 0.29) is 5.75 Å². The second-order valence-corrected chi connectivity index (χ2v) is 4.56. The van der Waals surface area contributed by atoms with Gasteiger partial charge in [-0.3, -0.25) is 4.90 Å². The Balaban J connectivity index is 2.14. The Morgan fingerprint density at radius 2 is 1.95 bits per heavy atom. The van der Waals surface area contributed by atoms with E-state index in [0.29, 0.717) is 6.54 Å². The zero-order valence-electron chi connectivity index (χ0n) is 10.8. The lowest BCUT2D eigenvalue weighted by Crippen LogP contribution is -2.42. The number of methoxy groups -OCH3 is 1. The molecule has 0 bridgehead atoms. The summed E-state index contributed by atoms with van der Waals surface area (Å²) in [5.74, 6) is -0.111. The molecule has 0 atom stereocenters. The summed E-state index contributed by atoms with van der Waals surface area (Å²) >= 11 is 0. The number of hydrogen-bond acceptors (Lipinski definition) is 3. The van der Waals surface area contributed by atoms with Crippen molar-refractivity contribution < 1.29 is 17.9 Å². The van der Waals surface area contributed by atoms with Gasteiger partial charge in [-0.15, -0.1) is 0 Å². The highest BCUT2D eigenvalue weighted by atomic mass is 19.4. The molecule has 0 aromatic heterocycles. The smallest absolute Gasteiger partial charge is 0.419 e. The molecule has 0 unspecified atom stereocenters. The van der Waals surface area contributed by atoms with Gasteiger partial charge in [-0.2, -0.15) is 13.2 Å². The lowest BCUT2D eigenvalue weighted by atomic mass is 10.1. The van der Waals surface area contributed by atoms with Crippen molar-refractivity contribution in [2.24, 2.45) is 0 Å². The Morgan fingerprint density at radius 1 is 1.26 bits per heavy atom. The Kier molecular flexibility index (Phi) is 4.31. The van der Waals surface area contributed by atoms with Crippen molar-refractivity contribution >= 4 is 0 Å². The van der Waals surface area contributed by atoms with Gasteiger partial charge < -0.3 is 10.1 Å². The fraction of sp³-hybridized carbons (Fsp3) is 0.538. The van der Waals surface area contributed by atoms with Gasteiger partial charge in [0, 0.05) is 32.7 Å². The second kappa shape index (κ2) is 5.79. The van der Waals surface area contributed by atoms with E-state index in [1.54, 1.807) is 0 Å². The van der Waals surface area contributed by atoms with Crippen LogP contribution in [0.5, 0.6) is 5.75 Å². The van der Waals surface area contributed by atoms with Gasteiger partial charge in [-0.25, -0.2) is 0 Å². The van der Waals surface area contributed by atoms with Crippen molar-refractivity contribution in [1.82, 2.24) is 10.2 Å². The van der Waals surface area contributed by atoms with E-state index in [0.717, 1.165) is 37.8 Å². The molecule has 1 aliphatic heterocycles. The molecule has 1 heterocycles. The van der Waals surface area contributed by atoms with Crippen molar-refractivity contribution in [3.8, 4) is 5.75 Å². The van der Waals surface area contributed by atoms with E-state index < -0.39 is 11.7 Å². The first kappa shape index (κ1) is 14.1. The predicted molar refractivity (Wildman–Crippen MR) is 66.1 cm³/mol. The number of alkyl halides is 3. The Hall–Kier alpha value is -1.27. The third-order valence-electron chi connectivity index (χ3n) is 3.19. The fourth-order valence-electron chi connectivity index (χ4n) is 2.20. The Bertz CT molecular complexity index is 428. The zero-order chi connectivity index (χ0) is 13.9. The minimum Gasteiger partial charge on any atom is -0.496 e. The van der Waals surface area contributed by atoms with Crippen molar-refractivity contribution in [2.45, 2.75) is 12.7 Å². The van der Waals surface area contributed by atoms with Gasteiger partial charge in [-0.05, 0) is 17.7 Å². The molecule has 0 spiro atoms. The van der Waals surface area contributed by atoms with Crippen molar-refractivity contribution in [1.29, 1.82) is 0 Å². The molecule has 1 aromatic rings. The van der Waals surface area contributed by atoms with Gasteiger partial charge in [0.2, 0.25) is 0 Å². The quantitative estimate of drug-likeness (QED) is 0.913. The van der Waals surface area contributed by atoms with Crippen LogP contribution in [0.3, 0.4) is 0 Å². The normalized spacial score (nSPS) is 17.5. The lowest BCUT2D eigenvalue weighted by Gasteiger charge is -2.27. The second-order valence-electron chi connectivity index (χ2n) is 4.56. The molecule has 1 saturated heterocycles. The summed E-state index contributed by atoms with van der Waals surface area (Å²) in [5.41, 5.74) is 0.116. The Labute approximate surface area is 110 Å². The third kappa shape index (κ3) is 3.61. The topological polar surface area (TPSA) is 24.5 Å². The Morgan fingerprint density at radius 3 is 2.53 bits per heavy atom. The van der Waals surface area contributed by atoms with E-state index in [2.05, 4.69) is 10.2 Å². The maximum Gasteiger partial charge on any atom is 0.419 e. The van der Waals surface area contributed by atoms with Gasteiger partial charge in [0.25, 0.3) is 0 Å². The van der Waals surface area contributed by atoms with Crippen LogP contribution in [0, 0.1) is 0 Å². The van der Waals surface area contributed by atoms with Gasteiger partial charge >= 0.3 is 6.18 Å². The van der Waals surface area contributed by atoms with Gasteiger partial charge in [0.15, 0.2) is 0 Å². The SMILES string of the molecule is COc1cc(CN2CCNCC2)ccc1C(F)(F)F. The molecule has 1 fully saturated rings. The first-order chi connectivity index (χ1) is 9.00. The number of halogens is 3. The largest absolute Gasteiger partial charge is 0.496 e. The van der Waals surface area contributed by atoms with Gasteiger partial charge in [0.1, 0.15) is 5.75 Å². The maximum absolute atomic E-state index is 12.7. The molecule has 6 heteroatoms. The van der Waals surface area contributed by atoms with Gasteiger partial charge in [-0.1, -0.05) is 6.07 Å². The van der Waals surface area contributed by atoms with Crippen LogP contribution >= 0.6 is 0 Å². The fourth-order valence-corrected chi connectivity index (χ4v) is 2.20. The van der Waals surface area contributed by atoms with E-state index in [9.17, 15) is 13.2 Å². The average Bonchev–Trinajstić information content (AvgIpc) is 2.38. The number of benzene rings is 1. The summed E-state index contributed by atoms with van der Waals surface area (Å²) in [5, 5.41) is 3.24. The van der Waals surface area contributed by atoms with E-state index >= 15 is 0 Å². The monoisotopic (exact) mass is 274 g/mol. The van der Waals surface area contributed by atoms with E-state index in [1.165, 1.54) is 19.2 Å². The van der Waals surface area contributed by atoms with Crippen molar-refractivity contribution in [3.63, 3.8) is 0 Å². The van der Waals surface area contributed by atoms with E-state index in [4.69, 9.17) is 4.74 Å². The molecule has 19 heavy (non-hydrogen) atoms. The number of nitrogens with zero attached hydrogens (tertiary/aromatic N) is 1. The van der Waals surface area contributed by atoms with Crippen LogP contribution in [-0.2, 0) is 12.7 Å². The predicted octanol–water partition coefficient (Wildman–Crippen LogP) is 2.12. The molecule has 1 aromatic carbocycles. The molecular weight excluding hydrogens is 257 g/mol. The van der Waals surface area contributed by atoms with Crippen molar-refractivity contribution in [2.75, 3.05) is 33.3 Å². The van der Waals surface area contributed by atoms with Crippen LogP contribution in [0.25, 0.3) is 0 Å². The summed E-state index contributed by atoms with van der Waals surface area (Å²) in [4.78, 5) is 2.21. The highest BCUT2D eigenvalue weighted by molar-refractivity contribution is 5.39. The first-order valence-electron chi connectivity index (χ1n) is 6.18. The summed E-state index contributed by atoms with van der Waals surface area (Å²) in [6.07, 6.45) is -4.38. The van der Waals surface area contributed by atoms with Crippen LogP contribution in [0.2, 0.25) is 0 Å². The molecule has 0 radical (unpaired) electrons. The maximum atomic E-state index is 12.7. The summed E-state index contributed by atoms with van der Waals surface area (Å²) in [7, 11) is 1.26. The molecule has 1 N–H and O–H groups in total. The standard InChI is InChI=1S/C13H17F3N2O/c1-19-12-8-10(2-3-11(12)13(14,15)16)9-18-6-4-17-5-7-18/h2-3,8,17H,4-7,9H2,1H3. The van der Waals surface area contributed by atoms with Crippen LogP contribution in [0.15, 0.2) is 18.2 Å². The molecule has 0 amide bonds. The molecule has 106 valence electrons. The number of rotatable bonds is 3. The summed E-state index contributed by atoms with van der Waals surface area (Å²) in [6, 6.07) is 4.09. The highest BCUT2D eigenvalue weighted by Gasteiger charge is 2.34. The number of piperazine rings is 1. The van der Waals surface area contributed by atoms with Crippen LogP contribution in [-0.4, -0.2) is 38.2 Å². The van der Waals surface area contributed by atoms with Crippen LogP contribution in [0.4, 0.5) is 13.2 Å². The minimum atomic E-state index is -4.38. The van der Waals surface area contributed by atoms with E-state index in [1.807, 2.05) is 0 Å². The molecule has 2 rings (SSSR count). The number of ether oxygens (including phenoxy) is 1. The highest BCUT2D eigenvalue weighted by Crippen LogP contribution is 2.36. The summed E-state index contributed by atoms with van der Waals surface area (Å²) < 4.78 is 43.0. The lowest BCUT2D eigenvalue weighted by molar-refractivity contribution is -0.138. The minimum absolute atomic E-state index is 0.111. The third-order valence-corrected chi connectivity index (χ3v) is 3.19. The first-order valence-corrected chi connectivity index (χ1v) is 6.18. The number of nitrogens with one attached hydrogen (secondary N) is 1. The molecule has 3 nitrogen and oxygen atoms in total. The zero-order valence-corrected chi connectivity index (χ0v) is 10.8. The molecule has 0 saturated carbocycles. The van der Waals surface area contributed by atoms with Crippen LogP contribution in [0.1, 0.15) is 11.1 Å². The van der Waals surface area contributed by atoms with Crippen molar-refractivity contribution in [3.05, 3.63) is 29.3 Å². The molecular formula is C13H17F3N2O. The van der Waals surface area contributed by atoms with Gasteiger partial charge in [0.05, 0.1) is 12.7 Å². The molecule has 1 aliphatic rings. The number of hydrogen-bond donors (Lipinski definition) is 1. The van der Waals surface area contributed by atoms with Crippen LogP contribution < -0.4 is 10.1 Å². The molecule has 0 aliphatic carbocycles.